The molecule has 7 heteroatoms. The van der Waals surface area contributed by atoms with Crippen LogP contribution < -0.4 is 10.9 Å². The first-order valence-corrected chi connectivity index (χ1v) is 8.06. The first-order chi connectivity index (χ1) is 11.9. The van der Waals surface area contributed by atoms with Gasteiger partial charge in [-0.1, -0.05) is 50.6 Å². The number of aliphatic carboxylic acids is 1. The Labute approximate surface area is 145 Å². The van der Waals surface area contributed by atoms with E-state index in [1.54, 1.807) is 6.92 Å². The average molecular weight is 343 g/mol. The molecule has 1 heterocycles. The fourth-order valence-electron chi connectivity index (χ4n) is 2.38. The molecule has 2 atom stereocenters. The number of hydrogen-bond acceptors (Lipinski definition) is 4. The lowest BCUT2D eigenvalue weighted by Crippen LogP contribution is -2.46. The highest BCUT2D eigenvalue weighted by atomic mass is 16.4. The summed E-state index contributed by atoms with van der Waals surface area (Å²) in [5.41, 5.74) is 0.953. The predicted molar refractivity (Wildman–Crippen MR) is 93.0 cm³/mol. The van der Waals surface area contributed by atoms with Gasteiger partial charge in [0, 0.05) is 11.8 Å². The molecule has 0 saturated heterocycles. The lowest BCUT2D eigenvalue weighted by molar-refractivity contribution is -0.143. The van der Waals surface area contributed by atoms with Crippen molar-refractivity contribution in [3.8, 4) is 11.3 Å². The molecule has 2 N–H and O–H groups in total. The summed E-state index contributed by atoms with van der Waals surface area (Å²) >= 11 is 0. The molecule has 0 aliphatic carbocycles. The van der Waals surface area contributed by atoms with Crippen molar-refractivity contribution < 1.29 is 14.7 Å². The molecule has 7 nitrogen and oxygen atoms in total. The van der Waals surface area contributed by atoms with E-state index in [0.717, 1.165) is 11.8 Å². The zero-order valence-electron chi connectivity index (χ0n) is 14.2. The predicted octanol–water partition coefficient (Wildman–Crippen LogP) is 1.53. The molecular weight excluding hydrogens is 322 g/mol. The van der Waals surface area contributed by atoms with Crippen LogP contribution in [0.5, 0.6) is 0 Å². The van der Waals surface area contributed by atoms with Crippen LogP contribution >= 0.6 is 0 Å². The number of aromatic nitrogens is 2. The summed E-state index contributed by atoms with van der Waals surface area (Å²) in [7, 11) is 0. The van der Waals surface area contributed by atoms with Crippen LogP contribution in [-0.2, 0) is 16.1 Å². The van der Waals surface area contributed by atoms with Crippen molar-refractivity contribution in [3.05, 3.63) is 53.1 Å². The van der Waals surface area contributed by atoms with E-state index in [1.807, 2.05) is 37.3 Å². The summed E-state index contributed by atoms with van der Waals surface area (Å²) in [6.07, 6.45) is 3.26. The number of carbonyl (C=O) groups excluding carboxylic acids is 1. The van der Waals surface area contributed by atoms with Crippen molar-refractivity contribution in [2.75, 3.05) is 0 Å². The molecule has 1 aromatic heterocycles. The molecule has 1 amide bonds. The number of carbonyl (C=O) groups is 2. The highest BCUT2D eigenvalue weighted by molar-refractivity contribution is 5.83. The van der Waals surface area contributed by atoms with E-state index in [1.165, 1.54) is 10.8 Å². The van der Waals surface area contributed by atoms with Gasteiger partial charge in [-0.25, -0.2) is 9.78 Å². The van der Waals surface area contributed by atoms with Gasteiger partial charge in [-0.2, -0.15) is 0 Å². The van der Waals surface area contributed by atoms with Crippen LogP contribution in [-0.4, -0.2) is 32.6 Å². The molecule has 0 spiro atoms. The standard InChI is InChI=1S/C18H21N3O4/c1-3-12(2)17(18(24)25)20-15(22)11-21-10-14(19-9-16(21)23)13-7-5-4-6-8-13/h4-10,12,17H,3,11H2,1-2H3,(H,20,22)(H,24,25)/t12-,17+/m0/s1. The van der Waals surface area contributed by atoms with Crippen LogP contribution in [0.25, 0.3) is 11.3 Å². The largest absolute Gasteiger partial charge is 0.480 e. The number of rotatable bonds is 7. The molecule has 132 valence electrons. The van der Waals surface area contributed by atoms with Gasteiger partial charge in [0.15, 0.2) is 0 Å². The van der Waals surface area contributed by atoms with Crippen molar-refractivity contribution in [1.29, 1.82) is 0 Å². The highest BCUT2D eigenvalue weighted by Gasteiger charge is 2.25. The molecule has 2 aromatic rings. The lowest BCUT2D eigenvalue weighted by Gasteiger charge is -2.20. The fraction of sp³-hybridized carbons (Fsp3) is 0.333. The first kappa shape index (κ1) is 18.4. The summed E-state index contributed by atoms with van der Waals surface area (Å²) in [5, 5.41) is 11.7. The van der Waals surface area contributed by atoms with Crippen molar-refractivity contribution in [1.82, 2.24) is 14.9 Å². The van der Waals surface area contributed by atoms with Gasteiger partial charge >= 0.3 is 5.97 Å². The third-order valence-electron chi connectivity index (χ3n) is 4.05. The van der Waals surface area contributed by atoms with Gasteiger partial charge in [-0.05, 0) is 5.92 Å². The van der Waals surface area contributed by atoms with E-state index < -0.39 is 23.5 Å². The Balaban J connectivity index is 2.18. The smallest absolute Gasteiger partial charge is 0.326 e. The molecule has 0 saturated carbocycles. The second-order valence-corrected chi connectivity index (χ2v) is 5.87. The molecule has 0 radical (unpaired) electrons. The Morgan fingerprint density at radius 3 is 2.56 bits per heavy atom. The van der Waals surface area contributed by atoms with Crippen molar-refractivity contribution in [3.63, 3.8) is 0 Å². The molecule has 2 rings (SSSR count). The van der Waals surface area contributed by atoms with Crippen molar-refractivity contribution in [2.24, 2.45) is 5.92 Å². The summed E-state index contributed by atoms with van der Waals surface area (Å²) in [6.45, 7) is 3.35. The van der Waals surface area contributed by atoms with E-state index in [-0.39, 0.29) is 12.5 Å². The van der Waals surface area contributed by atoms with Gasteiger partial charge in [0.2, 0.25) is 5.91 Å². The van der Waals surface area contributed by atoms with E-state index >= 15 is 0 Å². The summed E-state index contributed by atoms with van der Waals surface area (Å²) < 4.78 is 1.22. The maximum Gasteiger partial charge on any atom is 0.326 e. The Morgan fingerprint density at radius 1 is 1.28 bits per heavy atom. The molecular formula is C18H21N3O4. The number of hydrogen-bond donors (Lipinski definition) is 2. The summed E-state index contributed by atoms with van der Waals surface area (Å²) in [4.78, 5) is 39.5. The van der Waals surface area contributed by atoms with Crippen LogP contribution in [0.3, 0.4) is 0 Å². The molecule has 0 bridgehead atoms. The number of nitrogens with one attached hydrogen (secondary N) is 1. The van der Waals surface area contributed by atoms with Gasteiger partial charge < -0.3 is 15.0 Å². The van der Waals surface area contributed by atoms with Crippen LogP contribution in [0.1, 0.15) is 20.3 Å². The van der Waals surface area contributed by atoms with Gasteiger partial charge in [0.25, 0.3) is 5.56 Å². The Bertz CT molecular complexity index is 801. The average Bonchev–Trinajstić information content (AvgIpc) is 2.61. The normalized spacial score (nSPS) is 13.0. The minimum Gasteiger partial charge on any atom is -0.480 e. The first-order valence-electron chi connectivity index (χ1n) is 8.06. The Kier molecular flexibility index (Phi) is 6.05. The second kappa shape index (κ2) is 8.23. The van der Waals surface area contributed by atoms with Crippen LogP contribution in [0.4, 0.5) is 0 Å². The molecule has 0 unspecified atom stereocenters. The van der Waals surface area contributed by atoms with E-state index in [0.29, 0.717) is 12.1 Å². The van der Waals surface area contributed by atoms with Gasteiger partial charge in [-0.3, -0.25) is 9.59 Å². The number of nitrogens with zero attached hydrogens (tertiary/aromatic N) is 2. The van der Waals surface area contributed by atoms with Crippen molar-refractivity contribution in [2.45, 2.75) is 32.9 Å². The minimum atomic E-state index is -1.09. The van der Waals surface area contributed by atoms with Gasteiger partial charge in [0.1, 0.15) is 12.6 Å². The summed E-state index contributed by atoms with van der Waals surface area (Å²) in [5.74, 6) is -1.83. The number of carboxylic acid groups (broad SMARTS) is 1. The molecule has 0 fully saturated rings. The minimum absolute atomic E-state index is 0.213. The highest BCUT2D eigenvalue weighted by Crippen LogP contribution is 2.14. The lowest BCUT2D eigenvalue weighted by atomic mass is 9.99. The number of carboxylic acids is 1. The number of amides is 1. The third-order valence-corrected chi connectivity index (χ3v) is 4.05. The third kappa shape index (κ3) is 4.76. The zero-order valence-corrected chi connectivity index (χ0v) is 14.2. The van der Waals surface area contributed by atoms with Crippen LogP contribution in [0.15, 0.2) is 47.5 Å². The van der Waals surface area contributed by atoms with Gasteiger partial charge in [0.05, 0.1) is 11.9 Å². The molecule has 1 aromatic carbocycles. The maximum atomic E-state index is 12.2. The topological polar surface area (TPSA) is 101 Å². The molecule has 0 aliphatic heterocycles. The quantitative estimate of drug-likeness (QED) is 0.794. The van der Waals surface area contributed by atoms with Crippen LogP contribution in [0.2, 0.25) is 0 Å². The molecule has 25 heavy (non-hydrogen) atoms. The second-order valence-electron chi connectivity index (χ2n) is 5.87. The van der Waals surface area contributed by atoms with Gasteiger partial charge in [-0.15, -0.1) is 0 Å². The van der Waals surface area contributed by atoms with Crippen LogP contribution in [0, 0.1) is 5.92 Å². The monoisotopic (exact) mass is 343 g/mol. The van der Waals surface area contributed by atoms with Crippen molar-refractivity contribution >= 4 is 11.9 Å². The Hall–Kier alpha value is -2.96. The fourth-order valence-corrected chi connectivity index (χ4v) is 2.38. The van der Waals surface area contributed by atoms with E-state index in [4.69, 9.17) is 0 Å². The summed E-state index contributed by atoms with van der Waals surface area (Å²) in [6, 6.07) is 8.28. The number of benzene rings is 1. The zero-order chi connectivity index (χ0) is 18.4. The van der Waals surface area contributed by atoms with E-state index in [2.05, 4.69) is 10.3 Å². The van der Waals surface area contributed by atoms with E-state index in [9.17, 15) is 19.5 Å². The SMILES string of the molecule is CC[C@H](C)[C@@H](NC(=O)Cn1cc(-c2ccccc2)ncc1=O)C(=O)O. The Morgan fingerprint density at radius 2 is 1.96 bits per heavy atom. The molecule has 0 aliphatic rings. The maximum absolute atomic E-state index is 12.2.